The zero-order valence-corrected chi connectivity index (χ0v) is 12.4. The summed E-state index contributed by atoms with van der Waals surface area (Å²) in [7, 11) is 0. The summed E-state index contributed by atoms with van der Waals surface area (Å²) in [5.74, 6) is -0.411. The lowest BCUT2D eigenvalue weighted by Gasteiger charge is -2.35. The number of carbonyl (C=O) groups is 2. The van der Waals surface area contributed by atoms with Gasteiger partial charge in [-0.15, -0.1) is 0 Å². The Morgan fingerprint density at radius 3 is 2.91 bits per heavy atom. The Labute approximate surface area is 128 Å². The van der Waals surface area contributed by atoms with Gasteiger partial charge in [-0.05, 0) is 31.2 Å². The fraction of sp³-hybridized carbons (Fsp3) is 0.312. The zero-order valence-electron chi connectivity index (χ0n) is 12.4. The molecule has 6 nitrogen and oxygen atoms in total. The van der Waals surface area contributed by atoms with E-state index in [0.29, 0.717) is 12.2 Å². The molecular formula is C16H18N4O2. The van der Waals surface area contributed by atoms with Gasteiger partial charge in [0.05, 0.1) is 12.6 Å². The quantitative estimate of drug-likeness (QED) is 0.926. The molecule has 1 N–H and O–H groups in total. The fourth-order valence-electron chi connectivity index (χ4n) is 2.76. The molecule has 1 atom stereocenters. The van der Waals surface area contributed by atoms with Crippen LogP contribution in [0.5, 0.6) is 0 Å². The molecule has 6 heteroatoms. The van der Waals surface area contributed by atoms with Crippen LogP contribution in [-0.2, 0) is 11.3 Å². The highest BCUT2D eigenvalue weighted by atomic mass is 16.2. The number of pyridine rings is 1. The van der Waals surface area contributed by atoms with Gasteiger partial charge in [-0.25, -0.2) is 0 Å². The molecule has 0 bridgehead atoms. The van der Waals surface area contributed by atoms with E-state index in [4.69, 9.17) is 0 Å². The SMILES string of the molecule is C[C@H]1c2cccn2CCN1C(=O)CNC(=O)c1ccccn1. The monoisotopic (exact) mass is 298 g/mol. The van der Waals surface area contributed by atoms with Gasteiger partial charge in [-0.2, -0.15) is 0 Å². The maximum atomic E-state index is 12.4. The molecule has 0 unspecified atom stereocenters. The van der Waals surface area contributed by atoms with E-state index < -0.39 is 0 Å². The summed E-state index contributed by atoms with van der Waals surface area (Å²) in [4.78, 5) is 30.0. The zero-order chi connectivity index (χ0) is 15.5. The van der Waals surface area contributed by atoms with Crippen molar-refractivity contribution in [3.05, 3.63) is 54.1 Å². The summed E-state index contributed by atoms with van der Waals surface area (Å²) < 4.78 is 2.15. The summed E-state index contributed by atoms with van der Waals surface area (Å²) in [5.41, 5.74) is 1.44. The molecule has 22 heavy (non-hydrogen) atoms. The van der Waals surface area contributed by atoms with Gasteiger partial charge in [0.2, 0.25) is 5.91 Å². The van der Waals surface area contributed by atoms with Crippen LogP contribution in [0.3, 0.4) is 0 Å². The van der Waals surface area contributed by atoms with Crippen molar-refractivity contribution < 1.29 is 9.59 Å². The molecule has 1 aliphatic heterocycles. The molecule has 2 aromatic rings. The first kappa shape index (κ1) is 14.3. The third-order valence-electron chi connectivity index (χ3n) is 3.96. The molecule has 3 rings (SSSR count). The van der Waals surface area contributed by atoms with E-state index in [0.717, 1.165) is 12.2 Å². The lowest BCUT2D eigenvalue weighted by molar-refractivity contribution is -0.133. The largest absolute Gasteiger partial charge is 0.348 e. The number of aromatic nitrogens is 2. The second-order valence-electron chi connectivity index (χ2n) is 5.29. The number of carbonyl (C=O) groups excluding carboxylic acids is 2. The van der Waals surface area contributed by atoms with Crippen molar-refractivity contribution in [3.63, 3.8) is 0 Å². The number of rotatable bonds is 3. The summed E-state index contributed by atoms with van der Waals surface area (Å²) in [6.45, 7) is 3.43. The summed E-state index contributed by atoms with van der Waals surface area (Å²) >= 11 is 0. The van der Waals surface area contributed by atoms with E-state index in [2.05, 4.69) is 14.9 Å². The molecule has 2 amide bonds. The molecule has 0 spiro atoms. The Hall–Kier alpha value is -2.63. The van der Waals surface area contributed by atoms with Crippen LogP contribution in [0, 0.1) is 0 Å². The predicted octanol–water partition coefficient (Wildman–Crippen LogP) is 1.22. The van der Waals surface area contributed by atoms with Gasteiger partial charge in [-0.3, -0.25) is 14.6 Å². The minimum Gasteiger partial charge on any atom is -0.348 e. The summed E-state index contributed by atoms with van der Waals surface area (Å²) in [6.07, 6.45) is 3.58. The van der Waals surface area contributed by atoms with Crippen LogP contribution in [0.4, 0.5) is 0 Å². The minimum atomic E-state index is -0.331. The second-order valence-corrected chi connectivity index (χ2v) is 5.29. The maximum absolute atomic E-state index is 12.4. The summed E-state index contributed by atoms with van der Waals surface area (Å²) in [5, 5.41) is 2.63. The number of nitrogens with one attached hydrogen (secondary N) is 1. The van der Waals surface area contributed by atoms with Gasteiger partial charge in [0.15, 0.2) is 0 Å². The third-order valence-corrected chi connectivity index (χ3v) is 3.96. The Balaban J connectivity index is 1.60. The maximum Gasteiger partial charge on any atom is 0.270 e. The van der Waals surface area contributed by atoms with Crippen LogP contribution in [0.15, 0.2) is 42.7 Å². The van der Waals surface area contributed by atoms with Crippen LogP contribution in [0.1, 0.15) is 29.1 Å². The van der Waals surface area contributed by atoms with E-state index in [-0.39, 0.29) is 24.4 Å². The van der Waals surface area contributed by atoms with Crippen LogP contribution < -0.4 is 5.32 Å². The Morgan fingerprint density at radius 2 is 2.14 bits per heavy atom. The smallest absolute Gasteiger partial charge is 0.270 e. The Morgan fingerprint density at radius 1 is 1.27 bits per heavy atom. The molecule has 3 heterocycles. The van der Waals surface area contributed by atoms with E-state index >= 15 is 0 Å². The molecule has 0 aliphatic carbocycles. The number of hydrogen-bond donors (Lipinski definition) is 1. The number of amides is 2. The fourth-order valence-corrected chi connectivity index (χ4v) is 2.76. The average molecular weight is 298 g/mol. The molecule has 0 fully saturated rings. The van der Waals surface area contributed by atoms with Gasteiger partial charge in [-0.1, -0.05) is 6.07 Å². The molecule has 114 valence electrons. The van der Waals surface area contributed by atoms with Crippen molar-refractivity contribution in [2.45, 2.75) is 19.5 Å². The molecule has 0 aromatic carbocycles. The van der Waals surface area contributed by atoms with Crippen molar-refractivity contribution in [3.8, 4) is 0 Å². The standard InChI is InChI=1S/C16H18N4O2/c1-12-14-6-4-8-19(14)9-10-20(12)15(21)11-18-16(22)13-5-2-3-7-17-13/h2-8,12H,9-11H2,1H3,(H,18,22)/t12-/m0/s1. The predicted molar refractivity (Wildman–Crippen MR) is 81.1 cm³/mol. The normalized spacial score (nSPS) is 17.0. The van der Waals surface area contributed by atoms with Gasteiger partial charge >= 0.3 is 0 Å². The third kappa shape index (κ3) is 2.72. The first-order valence-corrected chi connectivity index (χ1v) is 7.30. The first-order chi connectivity index (χ1) is 10.7. The highest BCUT2D eigenvalue weighted by Crippen LogP contribution is 2.24. The Kier molecular flexibility index (Phi) is 3.91. The molecule has 0 saturated heterocycles. The Bertz CT molecular complexity index is 680. The van der Waals surface area contributed by atoms with Crippen molar-refractivity contribution in [1.29, 1.82) is 0 Å². The molecule has 0 radical (unpaired) electrons. The molecule has 2 aromatic heterocycles. The van der Waals surface area contributed by atoms with Crippen molar-refractivity contribution in [2.75, 3.05) is 13.1 Å². The van der Waals surface area contributed by atoms with E-state index in [1.54, 1.807) is 29.3 Å². The topological polar surface area (TPSA) is 67.2 Å². The van der Waals surface area contributed by atoms with Crippen molar-refractivity contribution >= 4 is 11.8 Å². The van der Waals surface area contributed by atoms with Crippen LogP contribution in [-0.4, -0.2) is 39.4 Å². The highest BCUT2D eigenvalue weighted by Gasteiger charge is 2.27. The molecule has 1 aliphatic rings. The van der Waals surface area contributed by atoms with Gasteiger partial charge in [0, 0.05) is 31.2 Å². The molecular weight excluding hydrogens is 280 g/mol. The van der Waals surface area contributed by atoms with Crippen molar-refractivity contribution in [1.82, 2.24) is 19.8 Å². The number of nitrogens with zero attached hydrogens (tertiary/aromatic N) is 3. The van der Waals surface area contributed by atoms with Crippen LogP contribution in [0.25, 0.3) is 0 Å². The van der Waals surface area contributed by atoms with Gasteiger partial charge in [0.25, 0.3) is 5.91 Å². The van der Waals surface area contributed by atoms with Crippen LogP contribution >= 0.6 is 0 Å². The highest BCUT2D eigenvalue weighted by molar-refractivity contribution is 5.94. The average Bonchev–Trinajstić information content (AvgIpc) is 3.03. The number of hydrogen-bond acceptors (Lipinski definition) is 3. The van der Waals surface area contributed by atoms with E-state index in [9.17, 15) is 9.59 Å². The minimum absolute atomic E-state index is 0.0134. The van der Waals surface area contributed by atoms with E-state index in [1.807, 2.05) is 25.3 Å². The lowest BCUT2D eigenvalue weighted by atomic mass is 10.1. The number of fused-ring (bicyclic) bond motifs is 1. The second kappa shape index (κ2) is 6.01. The summed E-state index contributed by atoms with van der Waals surface area (Å²) in [6, 6.07) is 9.13. The van der Waals surface area contributed by atoms with Crippen molar-refractivity contribution in [2.24, 2.45) is 0 Å². The van der Waals surface area contributed by atoms with E-state index in [1.165, 1.54) is 0 Å². The first-order valence-electron chi connectivity index (χ1n) is 7.30. The van der Waals surface area contributed by atoms with Gasteiger partial charge < -0.3 is 14.8 Å². The van der Waals surface area contributed by atoms with Gasteiger partial charge in [0.1, 0.15) is 5.69 Å². The lowest BCUT2D eigenvalue weighted by Crippen LogP contribution is -2.45. The van der Waals surface area contributed by atoms with Crippen LogP contribution in [0.2, 0.25) is 0 Å². The molecule has 0 saturated carbocycles.